The highest BCUT2D eigenvalue weighted by molar-refractivity contribution is 7.98. The third-order valence-corrected chi connectivity index (χ3v) is 4.35. The van der Waals surface area contributed by atoms with E-state index in [9.17, 15) is 14.4 Å². The fraction of sp³-hybridized carbons (Fsp3) is 0.278. The van der Waals surface area contributed by atoms with Crippen LogP contribution >= 0.6 is 11.8 Å². The zero-order chi connectivity index (χ0) is 18.8. The van der Waals surface area contributed by atoms with Gasteiger partial charge in [-0.05, 0) is 29.8 Å². The highest BCUT2D eigenvalue weighted by atomic mass is 32.2. The number of hydrogen-bond donors (Lipinski definition) is 3. The fourth-order valence-corrected chi connectivity index (χ4v) is 2.97. The van der Waals surface area contributed by atoms with Gasteiger partial charge in [-0.2, -0.15) is 11.8 Å². The van der Waals surface area contributed by atoms with Gasteiger partial charge in [0, 0.05) is 30.2 Å². The summed E-state index contributed by atoms with van der Waals surface area (Å²) in [5.74, 6) is 0.0528. The van der Waals surface area contributed by atoms with Gasteiger partial charge >= 0.3 is 5.97 Å². The van der Waals surface area contributed by atoms with E-state index in [4.69, 9.17) is 9.52 Å². The number of furan rings is 1. The van der Waals surface area contributed by atoms with E-state index in [1.54, 1.807) is 18.2 Å². The lowest BCUT2D eigenvalue weighted by Gasteiger charge is -2.08. The highest BCUT2D eigenvalue weighted by Gasteiger charge is 2.09. The monoisotopic (exact) mass is 376 g/mol. The lowest BCUT2D eigenvalue weighted by atomic mass is 10.2. The minimum Gasteiger partial charge on any atom is -0.481 e. The Morgan fingerprint density at radius 3 is 2.69 bits per heavy atom. The lowest BCUT2D eigenvalue weighted by molar-refractivity contribution is -0.136. The molecule has 7 nitrogen and oxygen atoms in total. The molecule has 0 bridgehead atoms. The van der Waals surface area contributed by atoms with Crippen molar-refractivity contribution in [3.63, 3.8) is 0 Å². The maximum atomic E-state index is 12.0. The minimum atomic E-state index is -0.808. The molecule has 0 unspecified atom stereocenters. The van der Waals surface area contributed by atoms with Crippen molar-refractivity contribution in [2.75, 3.05) is 17.6 Å². The van der Waals surface area contributed by atoms with Gasteiger partial charge in [-0.3, -0.25) is 14.4 Å². The molecular formula is C18H20N2O5S. The first kappa shape index (κ1) is 19.6. The van der Waals surface area contributed by atoms with Gasteiger partial charge in [0.15, 0.2) is 5.76 Å². The minimum absolute atomic E-state index is 0.130. The Balaban J connectivity index is 1.71. The molecule has 0 aliphatic heterocycles. The number of nitrogens with one attached hydrogen (secondary N) is 2. The molecule has 138 valence electrons. The molecule has 0 saturated heterocycles. The molecule has 0 radical (unpaired) electrons. The van der Waals surface area contributed by atoms with Crippen LogP contribution in [0.3, 0.4) is 0 Å². The van der Waals surface area contributed by atoms with Gasteiger partial charge in [0.25, 0.3) is 5.91 Å². The molecule has 2 amide bonds. The van der Waals surface area contributed by atoms with Crippen molar-refractivity contribution >= 4 is 35.2 Å². The van der Waals surface area contributed by atoms with Gasteiger partial charge in [-0.25, -0.2) is 0 Å². The number of benzene rings is 1. The molecule has 8 heteroatoms. The molecule has 0 spiro atoms. The number of rotatable bonds is 10. The maximum absolute atomic E-state index is 12.0. The smallest absolute Gasteiger partial charge is 0.304 e. The summed E-state index contributed by atoms with van der Waals surface area (Å²) in [7, 11) is 0. The Morgan fingerprint density at radius 1 is 1.12 bits per heavy atom. The van der Waals surface area contributed by atoms with Crippen LogP contribution in [0, 0.1) is 0 Å². The second-order valence-electron chi connectivity index (χ2n) is 5.43. The molecule has 0 aliphatic rings. The summed E-state index contributed by atoms with van der Waals surface area (Å²) in [5.41, 5.74) is 1.67. The number of hydrogen-bond acceptors (Lipinski definition) is 5. The Hall–Kier alpha value is -2.74. The Bertz CT molecular complexity index is 746. The van der Waals surface area contributed by atoms with Gasteiger partial charge in [-0.1, -0.05) is 12.1 Å². The van der Waals surface area contributed by atoms with Crippen LogP contribution in [0.2, 0.25) is 0 Å². The first-order valence-corrected chi connectivity index (χ1v) is 9.20. The molecule has 0 saturated carbocycles. The van der Waals surface area contributed by atoms with E-state index in [1.807, 2.05) is 18.2 Å². The van der Waals surface area contributed by atoms with Crippen LogP contribution in [0.4, 0.5) is 5.69 Å². The number of carbonyl (C=O) groups excluding carboxylic acids is 2. The van der Waals surface area contributed by atoms with Crippen molar-refractivity contribution in [1.82, 2.24) is 5.32 Å². The van der Waals surface area contributed by atoms with E-state index in [-0.39, 0.29) is 37.0 Å². The number of anilines is 1. The molecule has 2 rings (SSSR count). The van der Waals surface area contributed by atoms with Crippen LogP contribution in [0.25, 0.3) is 0 Å². The Labute approximate surface area is 155 Å². The van der Waals surface area contributed by atoms with Gasteiger partial charge in [-0.15, -0.1) is 0 Å². The second kappa shape index (κ2) is 10.3. The van der Waals surface area contributed by atoms with Crippen LogP contribution in [0.15, 0.2) is 47.1 Å². The molecule has 1 aromatic heterocycles. The number of thioether (sulfide) groups is 1. The number of carboxylic acid groups (broad SMARTS) is 1. The number of carbonyl (C=O) groups is 3. The standard InChI is InChI=1S/C18H20N2O5S/c21-16(6-8-19-18(24)15-5-2-9-25-15)20-14-4-1-3-13(11-14)12-26-10-7-17(22)23/h1-5,9,11H,6-8,10,12H2,(H,19,24)(H,20,21)(H,22,23). The Kier molecular flexibility index (Phi) is 7.75. The Morgan fingerprint density at radius 2 is 1.96 bits per heavy atom. The van der Waals surface area contributed by atoms with Crippen LogP contribution in [-0.4, -0.2) is 35.2 Å². The SMILES string of the molecule is O=C(O)CCSCc1cccc(NC(=O)CCNC(=O)c2ccco2)c1. The molecule has 1 aromatic carbocycles. The molecule has 26 heavy (non-hydrogen) atoms. The largest absolute Gasteiger partial charge is 0.481 e. The summed E-state index contributed by atoms with van der Waals surface area (Å²) in [6.45, 7) is 0.204. The van der Waals surface area contributed by atoms with E-state index in [1.165, 1.54) is 18.0 Å². The quantitative estimate of drug-likeness (QED) is 0.550. The number of aliphatic carboxylic acids is 1. The maximum Gasteiger partial charge on any atom is 0.304 e. The summed E-state index contributed by atoms with van der Waals surface area (Å²) in [6.07, 6.45) is 1.68. The summed E-state index contributed by atoms with van der Waals surface area (Å²) >= 11 is 1.53. The topological polar surface area (TPSA) is 109 Å². The molecule has 0 fully saturated rings. The zero-order valence-electron chi connectivity index (χ0n) is 14.1. The van der Waals surface area contributed by atoms with Crippen molar-refractivity contribution in [2.45, 2.75) is 18.6 Å². The molecule has 2 aromatic rings. The second-order valence-corrected chi connectivity index (χ2v) is 6.53. The average molecular weight is 376 g/mol. The fourth-order valence-electron chi connectivity index (χ4n) is 2.10. The predicted octanol–water partition coefficient (Wildman–Crippen LogP) is 2.75. The summed E-state index contributed by atoms with van der Waals surface area (Å²) in [4.78, 5) is 34.1. The molecule has 0 aliphatic carbocycles. The van der Waals surface area contributed by atoms with Gasteiger partial charge in [0.2, 0.25) is 5.91 Å². The highest BCUT2D eigenvalue weighted by Crippen LogP contribution is 2.17. The third kappa shape index (κ3) is 7.02. The van der Waals surface area contributed by atoms with Crippen molar-refractivity contribution in [3.8, 4) is 0 Å². The van der Waals surface area contributed by atoms with E-state index in [0.717, 1.165) is 5.56 Å². The van der Waals surface area contributed by atoms with Crippen molar-refractivity contribution in [3.05, 3.63) is 54.0 Å². The summed E-state index contributed by atoms with van der Waals surface area (Å²) in [5, 5.41) is 14.0. The van der Waals surface area contributed by atoms with Crippen LogP contribution in [0.5, 0.6) is 0 Å². The predicted molar refractivity (Wildman–Crippen MR) is 99.1 cm³/mol. The first-order chi connectivity index (χ1) is 12.5. The summed E-state index contributed by atoms with van der Waals surface area (Å²) < 4.78 is 4.97. The number of amides is 2. The van der Waals surface area contributed by atoms with Crippen molar-refractivity contribution in [2.24, 2.45) is 0 Å². The molecule has 3 N–H and O–H groups in total. The van der Waals surface area contributed by atoms with Crippen LogP contribution in [0.1, 0.15) is 29.0 Å². The third-order valence-electron chi connectivity index (χ3n) is 3.32. The summed E-state index contributed by atoms with van der Waals surface area (Å²) in [6, 6.07) is 10.6. The van der Waals surface area contributed by atoms with E-state index in [2.05, 4.69) is 10.6 Å². The average Bonchev–Trinajstić information content (AvgIpc) is 3.13. The van der Waals surface area contributed by atoms with E-state index in [0.29, 0.717) is 17.2 Å². The lowest BCUT2D eigenvalue weighted by Crippen LogP contribution is -2.27. The zero-order valence-corrected chi connectivity index (χ0v) is 14.9. The normalized spacial score (nSPS) is 10.3. The van der Waals surface area contributed by atoms with Gasteiger partial charge in [0.1, 0.15) is 0 Å². The molecular weight excluding hydrogens is 356 g/mol. The van der Waals surface area contributed by atoms with Crippen LogP contribution < -0.4 is 10.6 Å². The molecule has 0 atom stereocenters. The van der Waals surface area contributed by atoms with Gasteiger partial charge in [0.05, 0.1) is 12.7 Å². The van der Waals surface area contributed by atoms with Crippen molar-refractivity contribution in [1.29, 1.82) is 0 Å². The van der Waals surface area contributed by atoms with Crippen molar-refractivity contribution < 1.29 is 23.9 Å². The number of carboxylic acids is 1. The van der Waals surface area contributed by atoms with E-state index < -0.39 is 5.97 Å². The first-order valence-electron chi connectivity index (χ1n) is 8.04. The van der Waals surface area contributed by atoms with Gasteiger partial charge < -0.3 is 20.2 Å². The van der Waals surface area contributed by atoms with Crippen LogP contribution in [-0.2, 0) is 15.3 Å². The van der Waals surface area contributed by atoms with E-state index >= 15 is 0 Å². The molecule has 1 heterocycles.